The van der Waals surface area contributed by atoms with Gasteiger partial charge in [0.05, 0.1) is 0 Å². The van der Waals surface area contributed by atoms with Gasteiger partial charge in [0.25, 0.3) is 0 Å². The van der Waals surface area contributed by atoms with Gasteiger partial charge in [-0.05, 0) is 117 Å². The van der Waals surface area contributed by atoms with Gasteiger partial charge in [0.2, 0.25) is 0 Å². The number of benzene rings is 6. The highest BCUT2D eigenvalue weighted by molar-refractivity contribution is 5.85. The van der Waals surface area contributed by atoms with Crippen molar-refractivity contribution in [3.63, 3.8) is 0 Å². The van der Waals surface area contributed by atoms with Crippen LogP contribution in [0.4, 0.5) is 22.7 Å². The van der Waals surface area contributed by atoms with Gasteiger partial charge < -0.3 is 9.80 Å². The lowest BCUT2D eigenvalue weighted by Gasteiger charge is -2.22. The third-order valence-electron chi connectivity index (χ3n) is 11.6. The molecule has 0 fully saturated rings. The summed E-state index contributed by atoms with van der Waals surface area (Å²) in [5.74, 6) is 0. The second-order valence-corrected chi connectivity index (χ2v) is 15.1. The Bertz CT molecular complexity index is 2220. The zero-order chi connectivity index (χ0) is 34.7. The normalized spacial score (nSPS) is 15.5. The molecule has 0 saturated heterocycles. The van der Waals surface area contributed by atoms with Crippen LogP contribution in [0.3, 0.4) is 0 Å². The molecule has 2 aliphatic heterocycles. The van der Waals surface area contributed by atoms with Crippen molar-refractivity contribution in [2.75, 3.05) is 23.9 Å². The fraction of sp³-hybridized carbons (Fsp3) is 0.184. The Hall–Kier alpha value is -5.60. The first-order chi connectivity index (χ1) is 24.8. The van der Waals surface area contributed by atoms with E-state index in [1.165, 1.54) is 89.5 Å². The number of fused-ring (bicyclic) bond motifs is 7. The Morgan fingerprint density at radius 3 is 1.20 bits per heavy atom. The van der Waals surface area contributed by atoms with Crippen molar-refractivity contribution in [1.29, 1.82) is 0 Å². The molecule has 6 aromatic carbocycles. The van der Waals surface area contributed by atoms with Crippen LogP contribution in [-0.4, -0.2) is 14.1 Å². The van der Waals surface area contributed by atoms with E-state index >= 15 is 0 Å². The molecule has 0 amide bonds. The zero-order valence-corrected chi connectivity index (χ0v) is 30.1. The Morgan fingerprint density at radius 2 is 0.765 bits per heavy atom. The number of aryl methyl sites for hydroxylation is 4. The molecule has 0 N–H and O–H groups in total. The molecule has 9 rings (SSSR count). The van der Waals surface area contributed by atoms with E-state index in [-0.39, 0.29) is 5.41 Å². The van der Waals surface area contributed by atoms with Crippen LogP contribution in [0.5, 0.6) is 0 Å². The highest BCUT2D eigenvalue weighted by atomic mass is 15.1. The molecule has 3 aliphatic rings. The van der Waals surface area contributed by atoms with Gasteiger partial charge in [-0.3, -0.25) is 0 Å². The zero-order valence-electron chi connectivity index (χ0n) is 30.1. The summed E-state index contributed by atoms with van der Waals surface area (Å²) in [6.07, 6.45) is 13.4. The van der Waals surface area contributed by atoms with Gasteiger partial charge in [0, 0.05) is 42.3 Å². The van der Waals surface area contributed by atoms with Crippen LogP contribution in [0.1, 0.15) is 69.5 Å². The van der Waals surface area contributed by atoms with Crippen LogP contribution in [0.15, 0.2) is 121 Å². The highest BCUT2D eigenvalue weighted by Crippen LogP contribution is 2.49. The highest BCUT2D eigenvalue weighted by Gasteiger charge is 2.35. The van der Waals surface area contributed by atoms with E-state index < -0.39 is 0 Å². The first-order valence-corrected chi connectivity index (χ1v) is 18.4. The first-order valence-electron chi connectivity index (χ1n) is 18.4. The maximum Gasteiger partial charge on any atom is 0.0446 e. The molecule has 51 heavy (non-hydrogen) atoms. The molecule has 1 aliphatic carbocycles. The molecule has 0 radical (unpaired) electrons. The van der Waals surface area contributed by atoms with Crippen molar-refractivity contribution >= 4 is 47.1 Å². The number of nitrogens with zero attached hydrogens (tertiary/aromatic N) is 2. The van der Waals surface area contributed by atoms with Crippen LogP contribution >= 0.6 is 0 Å². The molecule has 2 heteroatoms. The van der Waals surface area contributed by atoms with Crippen molar-refractivity contribution in [3.05, 3.63) is 177 Å². The monoisotopic (exact) mass is 660 g/mol. The maximum atomic E-state index is 2.40. The summed E-state index contributed by atoms with van der Waals surface area (Å²) in [5.41, 5.74) is 21.2. The van der Waals surface area contributed by atoms with Crippen molar-refractivity contribution in [1.82, 2.24) is 0 Å². The third-order valence-corrected chi connectivity index (χ3v) is 11.6. The Morgan fingerprint density at radius 1 is 0.412 bits per heavy atom. The van der Waals surface area contributed by atoms with E-state index in [0.717, 1.165) is 25.7 Å². The van der Waals surface area contributed by atoms with E-state index in [4.69, 9.17) is 0 Å². The molecule has 0 unspecified atom stereocenters. The molecule has 2 heterocycles. The summed E-state index contributed by atoms with van der Waals surface area (Å²) in [7, 11) is 4.40. The summed E-state index contributed by atoms with van der Waals surface area (Å²) in [5, 5.41) is 0. The molecular weight excluding hydrogens is 617 g/mol. The second kappa shape index (κ2) is 12.3. The molecule has 0 spiro atoms. The molecule has 2 nitrogen and oxygen atoms in total. The van der Waals surface area contributed by atoms with E-state index in [1.54, 1.807) is 0 Å². The van der Waals surface area contributed by atoms with E-state index in [9.17, 15) is 0 Å². The predicted octanol–water partition coefficient (Wildman–Crippen LogP) is 12.1. The van der Waals surface area contributed by atoms with Gasteiger partial charge in [0.15, 0.2) is 0 Å². The fourth-order valence-corrected chi connectivity index (χ4v) is 8.68. The average Bonchev–Trinajstić information content (AvgIpc) is 3.24. The van der Waals surface area contributed by atoms with Crippen LogP contribution in [0.2, 0.25) is 0 Å². The third kappa shape index (κ3) is 5.51. The number of rotatable bonds is 4. The minimum atomic E-state index is -0.0846. The quantitative estimate of drug-likeness (QED) is 0.174. The van der Waals surface area contributed by atoms with Gasteiger partial charge in [0.1, 0.15) is 0 Å². The van der Waals surface area contributed by atoms with Gasteiger partial charge in [-0.15, -0.1) is 0 Å². The lowest BCUT2D eigenvalue weighted by atomic mass is 9.81. The number of hydrogen-bond donors (Lipinski definition) is 0. The fourth-order valence-electron chi connectivity index (χ4n) is 8.68. The molecular formula is C49H44N2. The average molecular weight is 661 g/mol. The van der Waals surface area contributed by atoms with E-state index in [0.29, 0.717) is 0 Å². The summed E-state index contributed by atoms with van der Waals surface area (Å²) in [6, 6.07) is 45.4. The summed E-state index contributed by atoms with van der Waals surface area (Å²) < 4.78 is 0. The molecule has 6 aromatic rings. The topological polar surface area (TPSA) is 6.48 Å². The van der Waals surface area contributed by atoms with Gasteiger partial charge in [-0.1, -0.05) is 135 Å². The van der Waals surface area contributed by atoms with Crippen LogP contribution in [-0.2, 0) is 31.1 Å². The van der Waals surface area contributed by atoms with Crippen molar-refractivity contribution in [3.8, 4) is 11.1 Å². The van der Waals surface area contributed by atoms with Crippen LogP contribution in [0, 0.1) is 0 Å². The largest absolute Gasteiger partial charge is 0.344 e. The molecule has 0 saturated carbocycles. The van der Waals surface area contributed by atoms with Crippen LogP contribution < -0.4 is 9.80 Å². The summed E-state index contributed by atoms with van der Waals surface area (Å²) >= 11 is 0. The van der Waals surface area contributed by atoms with Crippen molar-refractivity contribution < 1.29 is 0 Å². The maximum absolute atomic E-state index is 2.40. The van der Waals surface area contributed by atoms with Crippen LogP contribution in [0.25, 0.3) is 35.4 Å². The minimum absolute atomic E-state index is 0.0846. The summed E-state index contributed by atoms with van der Waals surface area (Å²) in [4.78, 5) is 4.72. The molecule has 250 valence electrons. The standard InChI is InChI=1S/C49H44N2/c1-49(2)43-29-33(13-15-35-17-21-39-25-23-37-9-5-7-11-45(37)50(3)47(39)31-35)19-27-41(43)42-28-20-34(30-44(42)49)14-16-36-18-22-40-26-24-38-10-6-8-12-46(38)51(4)48(40)32-36/h5-22,27-32H,23-26H2,1-4H3. The van der Waals surface area contributed by atoms with Crippen molar-refractivity contribution in [2.24, 2.45) is 0 Å². The predicted molar refractivity (Wildman–Crippen MR) is 219 cm³/mol. The summed E-state index contributed by atoms with van der Waals surface area (Å²) in [6.45, 7) is 4.75. The number of para-hydroxylation sites is 2. The van der Waals surface area contributed by atoms with Gasteiger partial charge in [-0.25, -0.2) is 0 Å². The Kier molecular flexibility index (Phi) is 7.58. The second-order valence-electron chi connectivity index (χ2n) is 15.1. The lowest BCUT2D eigenvalue weighted by Crippen LogP contribution is -2.15. The molecule has 0 atom stereocenters. The van der Waals surface area contributed by atoms with E-state index in [1.807, 2.05) is 0 Å². The number of hydrogen-bond acceptors (Lipinski definition) is 2. The van der Waals surface area contributed by atoms with Gasteiger partial charge >= 0.3 is 0 Å². The minimum Gasteiger partial charge on any atom is -0.344 e. The van der Waals surface area contributed by atoms with Gasteiger partial charge in [-0.2, -0.15) is 0 Å². The molecule has 0 bridgehead atoms. The Balaban J connectivity index is 0.958. The van der Waals surface area contributed by atoms with Crippen molar-refractivity contribution in [2.45, 2.75) is 44.9 Å². The smallest absolute Gasteiger partial charge is 0.0446 e. The first kappa shape index (κ1) is 31.4. The number of anilines is 4. The van der Waals surface area contributed by atoms with E-state index in [2.05, 4.69) is 183 Å². The molecule has 0 aromatic heterocycles. The lowest BCUT2D eigenvalue weighted by molar-refractivity contribution is 0.660. The SMILES string of the molecule is CN1c2ccccc2CCc2ccc(C=Cc3ccc4c(c3)C(C)(C)c3cc(C=Cc5ccc6c(c5)N(C)c5ccccc5CC6)ccc3-4)cc21. The Labute approximate surface area is 303 Å².